The molecule has 4 nitrogen and oxygen atoms in total. The molecule has 24 heavy (non-hydrogen) atoms. The number of rotatable bonds is 2. The summed E-state index contributed by atoms with van der Waals surface area (Å²) in [6.07, 6.45) is 0.547. The molecule has 1 unspecified atom stereocenters. The molecule has 0 spiro atoms. The van der Waals surface area contributed by atoms with Gasteiger partial charge in [0.15, 0.2) is 10.7 Å². The highest BCUT2D eigenvalue weighted by Gasteiger charge is 2.52. The number of amidine groups is 1. The Morgan fingerprint density at radius 3 is 2.67 bits per heavy atom. The van der Waals surface area contributed by atoms with Gasteiger partial charge >= 0.3 is 0 Å². The minimum atomic E-state index is -1.07. The van der Waals surface area contributed by atoms with Gasteiger partial charge in [-0.2, -0.15) is 0 Å². The molecule has 0 N–H and O–H groups in total. The molecule has 2 aromatic rings. The maximum absolute atomic E-state index is 13.0. The van der Waals surface area contributed by atoms with Gasteiger partial charge < -0.3 is 9.64 Å². The fraction of sp³-hybridized carbons (Fsp3) is 0.263. The summed E-state index contributed by atoms with van der Waals surface area (Å²) in [4.78, 5) is 18.7. The summed E-state index contributed by atoms with van der Waals surface area (Å²) in [6, 6.07) is 13.4. The number of Topliss-reactive ketones (excluding diaryl/α,β-unsaturated/α-hetero) is 1. The zero-order valence-corrected chi connectivity index (χ0v) is 14.3. The fourth-order valence-electron chi connectivity index (χ4n) is 3.33. The second kappa shape index (κ2) is 5.35. The van der Waals surface area contributed by atoms with Crippen molar-refractivity contribution in [3.8, 4) is 5.75 Å². The molecule has 1 saturated heterocycles. The Bertz CT molecular complexity index is 860. The van der Waals surface area contributed by atoms with Crippen LogP contribution in [0.4, 0.5) is 11.4 Å². The van der Waals surface area contributed by atoms with Crippen LogP contribution in [-0.2, 0) is 0 Å². The van der Waals surface area contributed by atoms with Crippen LogP contribution in [0.25, 0.3) is 0 Å². The van der Waals surface area contributed by atoms with Crippen LogP contribution in [0.5, 0.6) is 5.75 Å². The van der Waals surface area contributed by atoms with E-state index in [0.29, 0.717) is 30.1 Å². The van der Waals surface area contributed by atoms with E-state index in [4.69, 9.17) is 21.3 Å². The number of fused-ring (bicyclic) bond motifs is 2. The number of aliphatic imine (C=N–C) groups is 1. The van der Waals surface area contributed by atoms with E-state index in [-0.39, 0.29) is 5.78 Å². The van der Waals surface area contributed by atoms with Crippen LogP contribution in [-0.4, -0.2) is 30.1 Å². The normalized spacial score (nSPS) is 22.0. The number of halogens is 1. The lowest BCUT2D eigenvalue weighted by molar-refractivity contribution is 0.0967. The highest BCUT2D eigenvalue weighted by Crippen LogP contribution is 2.43. The number of nitrogens with zero attached hydrogens (tertiary/aromatic N) is 2. The third kappa shape index (κ3) is 2.13. The number of aryl methyl sites for hydroxylation is 1. The summed E-state index contributed by atoms with van der Waals surface area (Å²) in [5.41, 5.74) is 3.30. The summed E-state index contributed by atoms with van der Waals surface area (Å²) < 4.78 is 5.20. The number of hydrogen-bond donors (Lipinski definition) is 0. The van der Waals surface area contributed by atoms with E-state index < -0.39 is 4.87 Å². The molecule has 0 aliphatic carbocycles. The number of carbonyl (C=O) groups excluding carboxylic acids is 1. The second-order valence-corrected chi connectivity index (χ2v) is 6.83. The number of methoxy groups -OCH3 is 1. The van der Waals surface area contributed by atoms with Crippen molar-refractivity contribution in [2.75, 3.05) is 18.6 Å². The van der Waals surface area contributed by atoms with Crippen molar-refractivity contribution >= 4 is 34.6 Å². The summed E-state index contributed by atoms with van der Waals surface area (Å²) in [6.45, 7) is 2.62. The van der Waals surface area contributed by atoms with E-state index in [0.717, 1.165) is 17.0 Å². The second-order valence-electron chi connectivity index (χ2n) is 6.19. The molecular formula is C19H17ClN2O2. The zero-order valence-electron chi connectivity index (χ0n) is 13.5. The molecule has 0 saturated carbocycles. The van der Waals surface area contributed by atoms with Gasteiger partial charge in [0.05, 0.1) is 12.8 Å². The van der Waals surface area contributed by atoms with Crippen molar-refractivity contribution < 1.29 is 9.53 Å². The maximum Gasteiger partial charge on any atom is 0.193 e. The van der Waals surface area contributed by atoms with E-state index in [1.165, 1.54) is 0 Å². The molecule has 122 valence electrons. The van der Waals surface area contributed by atoms with E-state index in [2.05, 4.69) is 0 Å². The predicted octanol–water partition coefficient (Wildman–Crippen LogP) is 4.12. The van der Waals surface area contributed by atoms with Gasteiger partial charge in [-0.3, -0.25) is 4.79 Å². The molecule has 0 amide bonds. The number of ketones is 1. The molecule has 5 heteroatoms. The number of ether oxygens (including phenoxy) is 1. The highest BCUT2D eigenvalue weighted by atomic mass is 35.5. The largest absolute Gasteiger partial charge is 0.497 e. The lowest BCUT2D eigenvalue weighted by Crippen LogP contribution is -2.44. The first-order valence-electron chi connectivity index (χ1n) is 7.88. The van der Waals surface area contributed by atoms with Crippen molar-refractivity contribution in [1.82, 2.24) is 0 Å². The van der Waals surface area contributed by atoms with Gasteiger partial charge in [-0.05, 0) is 49.7 Å². The predicted molar refractivity (Wildman–Crippen MR) is 96.1 cm³/mol. The van der Waals surface area contributed by atoms with E-state index in [1.54, 1.807) is 7.11 Å². The van der Waals surface area contributed by atoms with E-state index in [9.17, 15) is 4.79 Å². The number of anilines is 1. The average Bonchev–Trinajstić information content (AvgIpc) is 2.94. The molecule has 1 fully saturated rings. The van der Waals surface area contributed by atoms with Gasteiger partial charge in [0, 0.05) is 17.8 Å². The lowest BCUT2D eigenvalue weighted by Gasteiger charge is -2.29. The Balaban J connectivity index is 1.81. The van der Waals surface area contributed by atoms with Crippen LogP contribution < -0.4 is 9.64 Å². The fourth-order valence-corrected chi connectivity index (χ4v) is 3.66. The maximum atomic E-state index is 13.0. The van der Waals surface area contributed by atoms with Crippen LogP contribution in [0.1, 0.15) is 22.3 Å². The van der Waals surface area contributed by atoms with Gasteiger partial charge in [-0.1, -0.05) is 11.6 Å². The molecule has 1 atom stereocenters. The zero-order chi connectivity index (χ0) is 16.9. The summed E-state index contributed by atoms with van der Waals surface area (Å²) in [5.74, 6) is 1.36. The van der Waals surface area contributed by atoms with E-state index in [1.807, 2.05) is 54.3 Å². The van der Waals surface area contributed by atoms with Crippen LogP contribution in [0.2, 0.25) is 0 Å². The lowest BCUT2D eigenvalue weighted by atomic mass is 9.90. The highest BCUT2D eigenvalue weighted by molar-refractivity contribution is 6.53. The number of hydrogen-bond acceptors (Lipinski definition) is 4. The van der Waals surface area contributed by atoms with Crippen LogP contribution in [0.15, 0.2) is 47.5 Å². The van der Waals surface area contributed by atoms with Crippen LogP contribution in [0.3, 0.4) is 0 Å². The van der Waals surface area contributed by atoms with E-state index >= 15 is 0 Å². The Morgan fingerprint density at radius 1 is 1.21 bits per heavy atom. The SMILES string of the molecule is COc1ccc(N2CCC3(Cl)C(=O)c4cc(C)ccc4N=C23)cc1. The Kier molecular flexibility index (Phi) is 3.39. The van der Waals surface area contributed by atoms with Crippen molar-refractivity contribution in [1.29, 1.82) is 0 Å². The van der Waals surface area contributed by atoms with Gasteiger partial charge in [-0.25, -0.2) is 4.99 Å². The summed E-state index contributed by atoms with van der Waals surface area (Å²) >= 11 is 6.76. The number of benzene rings is 2. The molecule has 2 aliphatic heterocycles. The number of carbonyl (C=O) groups is 1. The Morgan fingerprint density at radius 2 is 1.96 bits per heavy atom. The minimum absolute atomic E-state index is 0.0520. The molecule has 0 radical (unpaired) electrons. The Hall–Kier alpha value is -2.33. The van der Waals surface area contributed by atoms with Crippen molar-refractivity contribution in [3.05, 3.63) is 53.6 Å². The first-order chi connectivity index (χ1) is 11.5. The third-order valence-corrected chi connectivity index (χ3v) is 5.19. The standard InChI is InChI=1S/C19H17ClN2O2/c1-12-3-8-16-15(11-12)17(23)19(20)9-10-22(18(19)21-16)13-4-6-14(24-2)7-5-13/h3-8,11H,9-10H2,1-2H3. The van der Waals surface area contributed by atoms with Crippen molar-refractivity contribution in [2.24, 2.45) is 4.99 Å². The smallest absolute Gasteiger partial charge is 0.193 e. The van der Waals surface area contributed by atoms with Crippen LogP contribution >= 0.6 is 11.6 Å². The summed E-state index contributed by atoms with van der Waals surface area (Å²) in [7, 11) is 1.64. The topological polar surface area (TPSA) is 41.9 Å². The monoisotopic (exact) mass is 340 g/mol. The van der Waals surface area contributed by atoms with Gasteiger partial charge in [0.25, 0.3) is 0 Å². The molecule has 2 aromatic carbocycles. The van der Waals surface area contributed by atoms with Gasteiger partial charge in [0.2, 0.25) is 0 Å². The molecule has 2 aliphatic rings. The molecule has 0 bridgehead atoms. The van der Waals surface area contributed by atoms with Crippen molar-refractivity contribution in [2.45, 2.75) is 18.2 Å². The quantitative estimate of drug-likeness (QED) is 0.772. The first-order valence-corrected chi connectivity index (χ1v) is 8.26. The average molecular weight is 341 g/mol. The summed E-state index contributed by atoms with van der Waals surface area (Å²) in [5, 5.41) is 0. The molecule has 2 heterocycles. The minimum Gasteiger partial charge on any atom is -0.497 e. The third-order valence-electron chi connectivity index (χ3n) is 4.66. The van der Waals surface area contributed by atoms with Crippen molar-refractivity contribution in [3.63, 3.8) is 0 Å². The van der Waals surface area contributed by atoms with Gasteiger partial charge in [-0.15, -0.1) is 11.6 Å². The van der Waals surface area contributed by atoms with Crippen LogP contribution in [0, 0.1) is 6.92 Å². The number of alkyl halides is 1. The molecule has 0 aromatic heterocycles. The molecular weight excluding hydrogens is 324 g/mol. The van der Waals surface area contributed by atoms with Gasteiger partial charge in [0.1, 0.15) is 11.6 Å². The molecule has 4 rings (SSSR count). The Labute approximate surface area is 145 Å². The first kappa shape index (κ1) is 15.2.